The van der Waals surface area contributed by atoms with Crippen molar-refractivity contribution < 1.29 is 9.84 Å². The van der Waals surface area contributed by atoms with Crippen molar-refractivity contribution in [1.82, 2.24) is 5.32 Å². The summed E-state index contributed by atoms with van der Waals surface area (Å²) in [6, 6.07) is 0. The number of aliphatic hydroxyl groups excluding tert-OH is 1. The van der Waals surface area contributed by atoms with Crippen LogP contribution < -0.4 is 5.32 Å². The molecule has 1 unspecified atom stereocenters. The van der Waals surface area contributed by atoms with Gasteiger partial charge in [-0.3, -0.25) is 5.32 Å². The van der Waals surface area contributed by atoms with Gasteiger partial charge in [-0.05, 0) is 6.92 Å². The molecule has 0 aromatic carbocycles. The Bertz CT molecular complexity index is 152. The zero-order chi connectivity index (χ0) is 9.24. The number of rotatable bonds is 2. The maximum absolute atomic E-state index is 8.79. The van der Waals surface area contributed by atoms with Gasteiger partial charge in [-0.1, -0.05) is 13.8 Å². The molecule has 1 fully saturated rings. The number of halogens is 1. The second-order valence-electron chi connectivity index (χ2n) is 4.51. The Morgan fingerprint density at radius 1 is 1.38 bits per heavy atom. The van der Waals surface area contributed by atoms with Crippen LogP contribution in [0.2, 0.25) is 0 Å². The van der Waals surface area contributed by atoms with Crippen LogP contribution in [-0.4, -0.2) is 30.6 Å². The van der Waals surface area contributed by atoms with E-state index in [1.54, 1.807) is 0 Å². The van der Waals surface area contributed by atoms with Gasteiger partial charge >= 0.3 is 0 Å². The van der Waals surface area contributed by atoms with Gasteiger partial charge in [-0.2, -0.15) is 0 Å². The Balaban J connectivity index is 0.00000144. The van der Waals surface area contributed by atoms with Gasteiger partial charge in [-0.15, -0.1) is 12.4 Å². The second kappa shape index (κ2) is 4.60. The molecule has 0 aromatic rings. The van der Waals surface area contributed by atoms with Crippen LogP contribution >= 0.6 is 12.4 Å². The molecule has 4 heteroatoms. The Kier molecular flexibility index (Phi) is 4.66. The molecular formula is C9H20ClNO2. The van der Waals surface area contributed by atoms with Crippen molar-refractivity contribution in [2.24, 2.45) is 5.41 Å². The Hall–Kier alpha value is 0.170. The largest absolute Gasteiger partial charge is 0.396 e. The number of hydrogen-bond donors (Lipinski definition) is 2. The standard InChI is InChI=1S/C9H19NO2.ClH/c1-8(2)6-10-9(3,4-5-11)12-7-8;/h10-11H,4-7H2,1-3H3;1H. The van der Waals surface area contributed by atoms with E-state index in [4.69, 9.17) is 9.84 Å². The van der Waals surface area contributed by atoms with Gasteiger partial charge in [0.2, 0.25) is 0 Å². The molecule has 0 spiro atoms. The lowest BCUT2D eigenvalue weighted by molar-refractivity contribution is -0.134. The van der Waals surface area contributed by atoms with Crippen LogP contribution in [0.4, 0.5) is 0 Å². The summed E-state index contributed by atoms with van der Waals surface area (Å²) in [5.41, 5.74) is -0.0980. The van der Waals surface area contributed by atoms with E-state index < -0.39 is 0 Å². The van der Waals surface area contributed by atoms with Gasteiger partial charge < -0.3 is 9.84 Å². The van der Waals surface area contributed by atoms with Gasteiger partial charge in [0.1, 0.15) is 5.72 Å². The highest BCUT2D eigenvalue weighted by atomic mass is 35.5. The molecular weight excluding hydrogens is 190 g/mol. The van der Waals surface area contributed by atoms with Crippen molar-refractivity contribution in [1.29, 1.82) is 0 Å². The van der Waals surface area contributed by atoms with Crippen LogP contribution in [0.15, 0.2) is 0 Å². The van der Waals surface area contributed by atoms with Crippen LogP contribution in [0.5, 0.6) is 0 Å². The van der Waals surface area contributed by atoms with E-state index in [0.29, 0.717) is 6.42 Å². The molecule has 1 saturated heterocycles. The molecule has 80 valence electrons. The number of hydrogen-bond acceptors (Lipinski definition) is 3. The lowest BCUT2D eigenvalue weighted by atomic mass is 9.91. The van der Waals surface area contributed by atoms with E-state index in [0.717, 1.165) is 13.2 Å². The molecule has 1 heterocycles. The van der Waals surface area contributed by atoms with E-state index in [2.05, 4.69) is 19.2 Å². The van der Waals surface area contributed by atoms with Crippen LogP contribution in [0.3, 0.4) is 0 Å². The average molecular weight is 210 g/mol. The monoisotopic (exact) mass is 209 g/mol. The minimum Gasteiger partial charge on any atom is -0.396 e. The molecule has 13 heavy (non-hydrogen) atoms. The van der Waals surface area contributed by atoms with Crippen LogP contribution in [-0.2, 0) is 4.74 Å². The van der Waals surface area contributed by atoms with Gasteiger partial charge in [0.05, 0.1) is 6.61 Å². The van der Waals surface area contributed by atoms with Crippen LogP contribution in [0.1, 0.15) is 27.2 Å². The molecule has 1 aliphatic heterocycles. The summed E-state index contributed by atoms with van der Waals surface area (Å²) in [7, 11) is 0. The zero-order valence-electron chi connectivity index (χ0n) is 8.59. The number of aliphatic hydroxyl groups is 1. The van der Waals surface area contributed by atoms with Crippen LogP contribution in [0.25, 0.3) is 0 Å². The number of ether oxygens (including phenoxy) is 1. The average Bonchev–Trinajstić information content (AvgIpc) is 1.98. The summed E-state index contributed by atoms with van der Waals surface area (Å²) in [5, 5.41) is 12.1. The summed E-state index contributed by atoms with van der Waals surface area (Å²) in [5.74, 6) is 0. The van der Waals surface area contributed by atoms with E-state index in [9.17, 15) is 0 Å². The SMILES string of the molecule is CC1(C)CNC(C)(CCO)OC1.Cl. The molecule has 2 N–H and O–H groups in total. The first-order chi connectivity index (χ1) is 5.47. The highest BCUT2D eigenvalue weighted by Crippen LogP contribution is 2.25. The fraction of sp³-hybridized carbons (Fsp3) is 1.00. The molecule has 0 aliphatic carbocycles. The molecule has 0 amide bonds. The molecule has 0 saturated carbocycles. The Morgan fingerprint density at radius 3 is 2.38 bits per heavy atom. The molecule has 0 aromatic heterocycles. The van der Waals surface area contributed by atoms with Gasteiger partial charge in [0.15, 0.2) is 0 Å². The van der Waals surface area contributed by atoms with Gasteiger partial charge in [0.25, 0.3) is 0 Å². The minimum atomic E-state index is -0.315. The summed E-state index contributed by atoms with van der Waals surface area (Å²) >= 11 is 0. The number of nitrogens with one attached hydrogen (secondary N) is 1. The first kappa shape index (κ1) is 13.2. The summed E-state index contributed by atoms with van der Waals surface area (Å²) < 4.78 is 5.65. The predicted molar refractivity (Wildman–Crippen MR) is 55.1 cm³/mol. The molecule has 1 rings (SSSR count). The summed E-state index contributed by atoms with van der Waals surface area (Å²) in [4.78, 5) is 0. The van der Waals surface area contributed by atoms with E-state index in [-0.39, 0.29) is 30.2 Å². The van der Waals surface area contributed by atoms with Crippen molar-refractivity contribution in [2.45, 2.75) is 32.9 Å². The summed E-state index contributed by atoms with van der Waals surface area (Å²) in [6.07, 6.45) is 0.656. The summed E-state index contributed by atoms with van der Waals surface area (Å²) in [6.45, 7) is 8.19. The lowest BCUT2D eigenvalue weighted by Gasteiger charge is -2.42. The third kappa shape index (κ3) is 3.81. The topological polar surface area (TPSA) is 41.5 Å². The van der Waals surface area contributed by atoms with Crippen molar-refractivity contribution in [3.8, 4) is 0 Å². The van der Waals surface area contributed by atoms with Crippen molar-refractivity contribution in [2.75, 3.05) is 19.8 Å². The van der Waals surface area contributed by atoms with E-state index in [1.165, 1.54) is 0 Å². The molecule has 1 atom stereocenters. The van der Waals surface area contributed by atoms with Crippen molar-refractivity contribution in [3.63, 3.8) is 0 Å². The highest BCUT2D eigenvalue weighted by molar-refractivity contribution is 5.85. The molecule has 0 bridgehead atoms. The van der Waals surface area contributed by atoms with Gasteiger partial charge in [-0.25, -0.2) is 0 Å². The molecule has 1 aliphatic rings. The van der Waals surface area contributed by atoms with Crippen molar-refractivity contribution >= 4 is 12.4 Å². The molecule has 0 radical (unpaired) electrons. The first-order valence-corrected chi connectivity index (χ1v) is 4.47. The second-order valence-corrected chi connectivity index (χ2v) is 4.51. The minimum absolute atomic E-state index is 0. The van der Waals surface area contributed by atoms with Gasteiger partial charge in [0, 0.05) is 25.0 Å². The maximum atomic E-state index is 8.79. The first-order valence-electron chi connectivity index (χ1n) is 4.47. The Morgan fingerprint density at radius 2 is 2.00 bits per heavy atom. The quantitative estimate of drug-likeness (QED) is 0.717. The predicted octanol–water partition coefficient (Wildman–Crippen LogP) is 1.15. The normalized spacial score (nSPS) is 32.3. The third-order valence-corrected chi connectivity index (χ3v) is 2.31. The fourth-order valence-corrected chi connectivity index (χ4v) is 1.26. The molecule has 3 nitrogen and oxygen atoms in total. The third-order valence-electron chi connectivity index (χ3n) is 2.31. The van der Waals surface area contributed by atoms with E-state index >= 15 is 0 Å². The highest BCUT2D eigenvalue weighted by Gasteiger charge is 2.34. The lowest BCUT2D eigenvalue weighted by Crippen LogP contribution is -2.56. The maximum Gasteiger partial charge on any atom is 0.118 e. The fourth-order valence-electron chi connectivity index (χ4n) is 1.26. The van der Waals surface area contributed by atoms with Crippen LogP contribution in [0, 0.1) is 5.41 Å². The Labute approximate surface area is 86.3 Å². The zero-order valence-corrected chi connectivity index (χ0v) is 9.41. The smallest absolute Gasteiger partial charge is 0.118 e. The van der Waals surface area contributed by atoms with E-state index in [1.807, 2.05) is 6.92 Å². The van der Waals surface area contributed by atoms with Crippen molar-refractivity contribution in [3.05, 3.63) is 0 Å².